The molecule has 7 heteroatoms. The predicted octanol–water partition coefficient (Wildman–Crippen LogP) is 3.47. The molecule has 1 saturated carbocycles. The van der Waals surface area contributed by atoms with Crippen LogP contribution in [-0.4, -0.2) is 52.3 Å². The van der Waals surface area contributed by atoms with Crippen LogP contribution in [0, 0.1) is 17.8 Å². The molecule has 27 heavy (non-hydrogen) atoms. The lowest BCUT2D eigenvalue weighted by Crippen LogP contribution is -2.39. The monoisotopic (exact) mass is 372 g/mol. The molecule has 1 aromatic heterocycles. The Kier molecular flexibility index (Phi) is 5.36. The normalized spacial score (nSPS) is 22.6. The maximum Gasteiger partial charge on any atom is 0.409 e. The zero-order valence-corrected chi connectivity index (χ0v) is 15.8. The first-order chi connectivity index (χ1) is 13.2. The third kappa shape index (κ3) is 4.28. The van der Waals surface area contributed by atoms with Crippen molar-refractivity contribution in [3.63, 3.8) is 0 Å². The van der Waals surface area contributed by atoms with Crippen molar-refractivity contribution in [3.05, 3.63) is 30.6 Å². The van der Waals surface area contributed by atoms with Gasteiger partial charge in [0.25, 0.3) is 0 Å². The molecule has 1 saturated heterocycles. The summed E-state index contributed by atoms with van der Waals surface area (Å²) in [5, 5.41) is 6.67. The van der Waals surface area contributed by atoms with Gasteiger partial charge < -0.3 is 14.4 Å². The predicted molar refractivity (Wildman–Crippen MR) is 101 cm³/mol. The number of likely N-dealkylation sites (tertiary alicyclic amines) is 1. The summed E-state index contributed by atoms with van der Waals surface area (Å²) in [7, 11) is 0. The topological polar surface area (TPSA) is 72.4 Å². The van der Waals surface area contributed by atoms with Crippen LogP contribution in [0.3, 0.4) is 0 Å². The molecule has 146 valence electrons. The van der Waals surface area contributed by atoms with E-state index in [4.69, 9.17) is 9.47 Å². The maximum absolute atomic E-state index is 11.8. The fraction of sp³-hybridized carbons (Fsp3) is 0.600. The third-order valence-electron chi connectivity index (χ3n) is 5.86. The smallest absolute Gasteiger partial charge is 0.409 e. The highest BCUT2D eigenvalue weighted by Crippen LogP contribution is 2.49. The van der Waals surface area contributed by atoms with Crippen molar-refractivity contribution in [3.8, 4) is 11.4 Å². The highest BCUT2D eigenvalue weighted by molar-refractivity contribution is 5.67. The van der Waals surface area contributed by atoms with Crippen LogP contribution < -0.4 is 4.74 Å². The largest absolute Gasteiger partial charge is 0.494 e. The van der Waals surface area contributed by atoms with Gasteiger partial charge in [-0.05, 0) is 74.6 Å². The number of hydrogen-bond acceptors (Lipinski definition) is 4. The van der Waals surface area contributed by atoms with Crippen LogP contribution in [0.5, 0.6) is 5.75 Å². The molecule has 2 atom stereocenters. The second-order valence-corrected chi connectivity index (χ2v) is 7.53. The number of nitrogens with zero attached hydrogens (tertiary/aromatic N) is 3. The van der Waals surface area contributed by atoms with Crippen LogP contribution in [0.25, 0.3) is 5.69 Å². The Balaban J connectivity index is 1.14. The van der Waals surface area contributed by atoms with Gasteiger partial charge in [-0.1, -0.05) is 0 Å². The molecule has 0 unspecified atom stereocenters. The van der Waals surface area contributed by atoms with Gasteiger partial charge >= 0.3 is 6.09 Å². The lowest BCUT2D eigenvalue weighted by molar-refractivity contribution is 0.0887. The number of nitrogens with one attached hydrogen (secondary N) is 1. The van der Waals surface area contributed by atoms with Gasteiger partial charge in [0, 0.05) is 13.1 Å². The van der Waals surface area contributed by atoms with Gasteiger partial charge in [-0.2, -0.15) is 0 Å². The number of amides is 1. The van der Waals surface area contributed by atoms with E-state index in [1.165, 1.54) is 6.42 Å². The van der Waals surface area contributed by atoms with E-state index in [1.807, 2.05) is 40.8 Å². The number of ether oxygens (including phenoxy) is 2. The number of aromatic amines is 1. The minimum Gasteiger partial charge on any atom is -0.494 e. The molecule has 7 nitrogen and oxygen atoms in total. The van der Waals surface area contributed by atoms with Crippen molar-refractivity contribution >= 4 is 6.09 Å². The van der Waals surface area contributed by atoms with Crippen molar-refractivity contribution in [1.29, 1.82) is 0 Å². The molecular weight excluding hydrogens is 344 g/mol. The maximum atomic E-state index is 11.8. The Morgan fingerprint density at radius 2 is 2.00 bits per heavy atom. The third-order valence-corrected chi connectivity index (χ3v) is 5.86. The average Bonchev–Trinajstić information content (AvgIpc) is 3.42. The molecule has 1 N–H and O–H groups in total. The number of carbonyl (C=O) groups excluding carboxylic acids is 1. The van der Waals surface area contributed by atoms with Crippen LogP contribution in [0.4, 0.5) is 4.79 Å². The van der Waals surface area contributed by atoms with Gasteiger partial charge in [0.2, 0.25) is 0 Å². The van der Waals surface area contributed by atoms with Crippen LogP contribution in [-0.2, 0) is 4.74 Å². The summed E-state index contributed by atoms with van der Waals surface area (Å²) in [5.41, 5.74) is 1.05. The Hall–Kier alpha value is -2.44. The standard InChI is InChI=1S/C20H28N4O3/c1-2-26-20(25)23-10-7-15(8-11-23)19-13-16(19)9-12-27-18-5-3-17(4-6-18)24-14-21-22-24/h3-6,14-16,19,22H,2,7-13H2,1H3/t16-,19-/m1/s1. The Bertz CT molecular complexity index is 722. The summed E-state index contributed by atoms with van der Waals surface area (Å²) in [6, 6.07) is 8.03. The van der Waals surface area contributed by atoms with Crippen LogP contribution in [0.2, 0.25) is 0 Å². The van der Waals surface area contributed by atoms with Crippen molar-refractivity contribution in [2.24, 2.45) is 17.8 Å². The quantitative estimate of drug-likeness (QED) is 0.808. The van der Waals surface area contributed by atoms with E-state index in [9.17, 15) is 4.79 Å². The van der Waals surface area contributed by atoms with E-state index in [0.29, 0.717) is 6.61 Å². The van der Waals surface area contributed by atoms with E-state index in [2.05, 4.69) is 10.3 Å². The summed E-state index contributed by atoms with van der Waals surface area (Å²) >= 11 is 0. The van der Waals surface area contributed by atoms with Gasteiger partial charge in [-0.15, -0.1) is 5.10 Å². The summed E-state index contributed by atoms with van der Waals surface area (Å²) in [4.78, 5) is 13.6. The number of hydrogen-bond donors (Lipinski definition) is 1. The summed E-state index contributed by atoms with van der Waals surface area (Å²) < 4.78 is 12.9. The number of benzene rings is 1. The van der Waals surface area contributed by atoms with E-state index in [1.54, 1.807) is 6.33 Å². The first-order valence-corrected chi connectivity index (χ1v) is 9.97. The van der Waals surface area contributed by atoms with Gasteiger partial charge in [0.1, 0.15) is 12.1 Å². The zero-order chi connectivity index (χ0) is 18.6. The molecule has 0 bridgehead atoms. The summed E-state index contributed by atoms with van der Waals surface area (Å²) in [6.45, 7) is 4.76. The van der Waals surface area contributed by atoms with Gasteiger partial charge in [-0.3, -0.25) is 0 Å². The van der Waals surface area contributed by atoms with Crippen molar-refractivity contribution in [1.82, 2.24) is 19.9 Å². The Morgan fingerprint density at radius 3 is 2.63 bits per heavy atom. The highest BCUT2D eigenvalue weighted by atomic mass is 16.6. The summed E-state index contributed by atoms with van der Waals surface area (Å²) in [6.07, 6.45) is 6.23. The number of piperidine rings is 1. The molecule has 1 aromatic carbocycles. The molecule has 4 rings (SSSR count). The Labute approximate surface area is 159 Å². The minimum atomic E-state index is -0.153. The molecule has 2 aliphatic rings. The molecule has 0 radical (unpaired) electrons. The van der Waals surface area contributed by atoms with Crippen molar-refractivity contribution in [2.45, 2.75) is 32.6 Å². The number of rotatable bonds is 7. The van der Waals surface area contributed by atoms with E-state index < -0.39 is 0 Å². The molecule has 1 amide bonds. The average molecular weight is 372 g/mol. The molecular formula is C20H28N4O3. The SMILES string of the molecule is CCOC(=O)N1CCC([C@H]2C[C@H]2CCOc2ccc(-n3cn[nH]3)cc2)CC1. The van der Waals surface area contributed by atoms with Crippen molar-refractivity contribution in [2.75, 3.05) is 26.3 Å². The number of H-pyrrole nitrogens is 1. The van der Waals surface area contributed by atoms with E-state index in [-0.39, 0.29) is 6.09 Å². The van der Waals surface area contributed by atoms with Crippen molar-refractivity contribution < 1.29 is 14.3 Å². The van der Waals surface area contributed by atoms with Crippen LogP contribution in [0.1, 0.15) is 32.6 Å². The van der Waals surface area contributed by atoms with E-state index in [0.717, 1.165) is 68.1 Å². The molecule has 2 fully saturated rings. The fourth-order valence-electron chi connectivity index (χ4n) is 4.18. The number of carbonyl (C=O) groups is 1. The highest BCUT2D eigenvalue weighted by Gasteiger charge is 2.43. The van der Waals surface area contributed by atoms with Gasteiger partial charge in [0.15, 0.2) is 0 Å². The minimum absolute atomic E-state index is 0.153. The molecule has 2 aromatic rings. The second-order valence-electron chi connectivity index (χ2n) is 7.53. The molecule has 1 aliphatic heterocycles. The molecule has 2 heterocycles. The van der Waals surface area contributed by atoms with Gasteiger partial charge in [-0.25, -0.2) is 14.7 Å². The Morgan fingerprint density at radius 1 is 1.26 bits per heavy atom. The lowest BCUT2D eigenvalue weighted by Gasteiger charge is -2.31. The number of aromatic nitrogens is 3. The summed E-state index contributed by atoms with van der Waals surface area (Å²) in [5.74, 6) is 3.27. The molecule has 0 spiro atoms. The first-order valence-electron chi connectivity index (χ1n) is 9.97. The fourth-order valence-corrected chi connectivity index (χ4v) is 4.18. The van der Waals surface area contributed by atoms with Crippen LogP contribution >= 0.6 is 0 Å². The van der Waals surface area contributed by atoms with Crippen LogP contribution in [0.15, 0.2) is 30.6 Å². The molecule has 1 aliphatic carbocycles. The zero-order valence-electron chi connectivity index (χ0n) is 15.8. The van der Waals surface area contributed by atoms with Gasteiger partial charge in [0.05, 0.1) is 18.9 Å². The first kappa shape index (κ1) is 17.9. The van der Waals surface area contributed by atoms with E-state index >= 15 is 0 Å². The lowest BCUT2D eigenvalue weighted by atomic mass is 9.91. The second kappa shape index (κ2) is 8.06.